The van der Waals surface area contributed by atoms with E-state index in [-0.39, 0.29) is 11.5 Å². The molecule has 1 amide bonds. The minimum atomic E-state index is -4.48. The van der Waals surface area contributed by atoms with E-state index in [4.69, 9.17) is 0 Å². The van der Waals surface area contributed by atoms with Crippen molar-refractivity contribution in [1.82, 2.24) is 29.9 Å². The first kappa shape index (κ1) is 24.4. The van der Waals surface area contributed by atoms with Crippen LogP contribution in [0.1, 0.15) is 29.0 Å². The van der Waals surface area contributed by atoms with Crippen molar-refractivity contribution < 1.29 is 18.0 Å². The third kappa shape index (κ3) is 6.02. The largest absolute Gasteiger partial charge is 0.416 e. The lowest BCUT2D eigenvalue weighted by molar-refractivity contribution is -0.137. The van der Waals surface area contributed by atoms with E-state index in [2.05, 4.69) is 32.2 Å². The molecule has 0 unspecified atom stereocenters. The second-order valence-electron chi connectivity index (χ2n) is 8.30. The standard InChI is InChI=1S/C23H27F3N6OS/c1-30-11-13-31(14-12-30)10-3-2-9-27-22(33)20-28-21(19-8-5-15-34-19)32(29-20)18-7-4-6-17(16-18)23(24,25)26/h4-8,15-16H,2-3,9-14H2,1H3,(H,27,33). The molecular formula is C23H27F3N6OS. The first-order valence-electron chi connectivity index (χ1n) is 11.2. The van der Waals surface area contributed by atoms with Crippen LogP contribution in [0.4, 0.5) is 13.2 Å². The molecule has 3 aromatic rings. The molecule has 1 aliphatic heterocycles. The highest BCUT2D eigenvalue weighted by molar-refractivity contribution is 7.13. The zero-order valence-corrected chi connectivity index (χ0v) is 19.7. The number of likely N-dealkylation sites (N-methyl/N-ethyl adjacent to an activating group) is 1. The van der Waals surface area contributed by atoms with Crippen LogP contribution in [0.2, 0.25) is 0 Å². The van der Waals surface area contributed by atoms with Crippen molar-refractivity contribution in [2.45, 2.75) is 19.0 Å². The lowest BCUT2D eigenvalue weighted by Gasteiger charge is -2.32. The Bertz CT molecular complexity index is 1090. The first-order valence-corrected chi connectivity index (χ1v) is 12.1. The Balaban J connectivity index is 1.42. The number of halogens is 3. The zero-order valence-electron chi connectivity index (χ0n) is 18.9. The zero-order chi connectivity index (χ0) is 24.1. The van der Waals surface area contributed by atoms with Crippen LogP contribution in [-0.2, 0) is 6.18 Å². The van der Waals surface area contributed by atoms with E-state index in [1.54, 1.807) is 6.07 Å². The molecule has 0 aliphatic carbocycles. The third-order valence-corrected chi connectivity index (χ3v) is 6.62. The van der Waals surface area contributed by atoms with E-state index in [1.165, 1.54) is 28.2 Å². The molecule has 4 rings (SSSR count). The second-order valence-corrected chi connectivity index (χ2v) is 9.25. The molecule has 0 spiro atoms. The van der Waals surface area contributed by atoms with Gasteiger partial charge in [-0.15, -0.1) is 16.4 Å². The summed E-state index contributed by atoms with van der Waals surface area (Å²) in [5.41, 5.74) is -0.596. The number of nitrogens with one attached hydrogen (secondary N) is 1. The van der Waals surface area contributed by atoms with Gasteiger partial charge in [-0.3, -0.25) is 4.79 Å². The van der Waals surface area contributed by atoms with Crippen molar-refractivity contribution in [2.24, 2.45) is 0 Å². The summed E-state index contributed by atoms with van der Waals surface area (Å²) >= 11 is 1.37. The molecule has 1 aliphatic rings. The Hall–Kier alpha value is -2.76. The van der Waals surface area contributed by atoms with Gasteiger partial charge in [0.25, 0.3) is 5.91 Å². The van der Waals surface area contributed by atoms with Crippen molar-refractivity contribution in [1.29, 1.82) is 0 Å². The second kappa shape index (κ2) is 10.7. The topological polar surface area (TPSA) is 66.3 Å². The third-order valence-electron chi connectivity index (χ3n) is 5.75. The normalized spacial score (nSPS) is 15.5. The van der Waals surface area contributed by atoms with Gasteiger partial charge in [0.2, 0.25) is 5.82 Å². The summed E-state index contributed by atoms with van der Waals surface area (Å²) in [5.74, 6) is -0.183. The number of piperazine rings is 1. The molecule has 0 saturated carbocycles. The Morgan fingerprint density at radius 1 is 1.12 bits per heavy atom. The van der Waals surface area contributed by atoms with Gasteiger partial charge in [0.1, 0.15) is 0 Å². The van der Waals surface area contributed by atoms with Crippen LogP contribution in [0, 0.1) is 0 Å². The predicted octanol–water partition coefficient (Wildman–Crippen LogP) is 3.77. The lowest BCUT2D eigenvalue weighted by atomic mass is 10.2. The smallest absolute Gasteiger partial charge is 0.349 e. The Morgan fingerprint density at radius 3 is 2.62 bits per heavy atom. The average Bonchev–Trinajstić information content (AvgIpc) is 3.50. The molecule has 7 nitrogen and oxygen atoms in total. The van der Waals surface area contributed by atoms with Gasteiger partial charge in [-0.05, 0) is 56.1 Å². The Morgan fingerprint density at radius 2 is 1.91 bits per heavy atom. The summed E-state index contributed by atoms with van der Waals surface area (Å²) in [5, 5.41) is 8.93. The van der Waals surface area contributed by atoms with Crippen LogP contribution >= 0.6 is 11.3 Å². The number of carbonyl (C=O) groups excluding carboxylic acids is 1. The summed E-state index contributed by atoms with van der Waals surface area (Å²) in [7, 11) is 2.12. The van der Waals surface area contributed by atoms with Crippen LogP contribution in [0.5, 0.6) is 0 Å². The van der Waals surface area contributed by atoms with Crippen LogP contribution in [0.15, 0.2) is 41.8 Å². The van der Waals surface area contributed by atoms with Gasteiger partial charge in [-0.2, -0.15) is 13.2 Å². The van der Waals surface area contributed by atoms with Gasteiger partial charge < -0.3 is 15.1 Å². The van der Waals surface area contributed by atoms with E-state index in [9.17, 15) is 18.0 Å². The van der Waals surface area contributed by atoms with E-state index >= 15 is 0 Å². The first-order chi connectivity index (χ1) is 16.3. The maximum atomic E-state index is 13.2. The summed E-state index contributed by atoms with van der Waals surface area (Å²) in [6.45, 7) is 5.75. The van der Waals surface area contributed by atoms with E-state index in [0.29, 0.717) is 17.2 Å². The SMILES string of the molecule is CN1CCN(CCCCNC(=O)c2nc(-c3cccs3)n(-c3cccc(C(F)(F)F)c3)n2)CC1. The quantitative estimate of drug-likeness (QED) is 0.485. The molecule has 1 fully saturated rings. The number of rotatable bonds is 8. The number of thiophene rings is 1. The number of hydrogen-bond donors (Lipinski definition) is 1. The van der Waals surface area contributed by atoms with Crippen LogP contribution in [-0.4, -0.2) is 76.8 Å². The van der Waals surface area contributed by atoms with Crippen molar-refractivity contribution >= 4 is 17.2 Å². The molecule has 0 radical (unpaired) electrons. The fourth-order valence-electron chi connectivity index (χ4n) is 3.78. The fraction of sp³-hybridized carbons (Fsp3) is 0.435. The number of alkyl halides is 3. The lowest BCUT2D eigenvalue weighted by Crippen LogP contribution is -2.44. The molecule has 0 bridgehead atoms. The number of unbranched alkanes of at least 4 members (excludes halogenated alkanes) is 1. The number of benzene rings is 1. The minimum Gasteiger partial charge on any atom is -0.349 e. The average molecular weight is 493 g/mol. The maximum Gasteiger partial charge on any atom is 0.416 e. The van der Waals surface area contributed by atoms with Crippen molar-refractivity contribution in [2.75, 3.05) is 46.3 Å². The summed E-state index contributed by atoms with van der Waals surface area (Å²) in [4.78, 5) is 22.5. The van der Waals surface area contributed by atoms with Crippen LogP contribution < -0.4 is 5.32 Å². The molecule has 182 valence electrons. The number of amides is 1. The molecule has 1 saturated heterocycles. The highest BCUT2D eigenvalue weighted by atomic mass is 32.1. The number of carbonyl (C=O) groups is 1. The van der Waals surface area contributed by atoms with E-state index < -0.39 is 17.6 Å². The van der Waals surface area contributed by atoms with Crippen molar-refractivity contribution in [3.05, 3.63) is 53.2 Å². The van der Waals surface area contributed by atoms with Gasteiger partial charge in [-0.1, -0.05) is 12.1 Å². The van der Waals surface area contributed by atoms with Gasteiger partial charge in [0.05, 0.1) is 16.1 Å². The monoisotopic (exact) mass is 492 g/mol. The van der Waals surface area contributed by atoms with E-state index in [1.807, 2.05) is 11.4 Å². The van der Waals surface area contributed by atoms with Gasteiger partial charge >= 0.3 is 6.18 Å². The fourth-order valence-corrected chi connectivity index (χ4v) is 4.48. The Labute approximate surface area is 200 Å². The molecule has 1 N–H and O–H groups in total. The number of aromatic nitrogens is 3. The molecule has 1 aromatic carbocycles. The summed E-state index contributed by atoms with van der Waals surface area (Å²) in [6, 6.07) is 8.44. The van der Waals surface area contributed by atoms with Crippen molar-refractivity contribution in [3.8, 4) is 16.4 Å². The van der Waals surface area contributed by atoms with Crippen molar-refractivity contribution in [3.63, 3.8) is 0 Å². The summed E-state index contributed by atoms with van der Waals surface area (Å²) < 4.78 is 40.9. The minimum absolute atomic E-state index is 0.0696. The molecule has 3 heterocycles. The molecule has 34 heavy (non-hydrogen) atoms. The van der Waals surface area contributed by atoms with Gasteiger partial charge in [0.15, 0.2) is 5.82 Å². The predicted molar refractivity (Wildman–Crippen MR) is 125 cm³/mol. The molecule has 0 atom stereocenters. The molecule has 2 aromatic heterocycles. The van der Waals surface area contributed by atoms with Gasteiger partial charge in [-0.25, -0.2) is 9.67 Å². The molecule has 11 heteroatoms. The van der Waals surface area contributed by atoms with Crippen LogP contribution in [0.3, 0.4) is 0 Å². The number of nitrogens with zero attached hydrogens (tertiary/aromatic N) is 5. The highest BCUT2D eigenvalue weighted by Crippen LogP contribution is 2.32. The summed E-state index contributed by atoms with van der Waals surface area (Å²) in [6.07, 6.45) is -2.69. The Kier molecular flexibility index (Phi) is 7.64. The molecular weight excluding hydrogens is 465 g/mol. The van der Waals surface area contributed by atoms with Gasteiger partial charge in [0, 0.05) is 32.7 Å². The van der Waals surface area contributed by atoms with Crippen LogP contribution in [0.25, 0.3) is 16.4 Å². The van der Waals surface area contributed by atoms with E-state index in [0.717, 1.165) is 57.7 Å². The highest BCUT2D eigenvalue weighted by Gasteiger charge is 2.31. The number of hydrogen-bond acceptors (Lipinski definition) is 6. The maximum absolute atomic E-state index is 13.2.